The number of morpholine rings is 1. The summed E-state index contributed by atoms with van der Waals surface area (Å²) >= 11 is 0. The largest absolute Gasteiger partial charge is 0.374 e. The summed E-state index contributed by atoms with van der Waals surface area (Å²) in [4.78, 5) is 5.11. The predicted octanol–water partition coefficient (Wildman–Crippen LogP) is 1.17. The smallest absolute Gasteiger partial charge is 0.0829 e. The van der Waals surface area contributed by atoms with E-state index in [0.29, 0.717) is 6.10 Å². The van der Waals surface area contributed by atoms with E-state index in [1.54, 1.807) is 0 Å². The van der Waals surface area contributed by atoms with Gasteiger partial charge >= 0.3 is 0 Å². The summed E-state index contributed by atoms with van der Waals surface area (Å²) in [5.74, 6) is 0. The third kappa shape index (κ3) is 4.42. The van der Waals surface area contributed by atoms with Gasteiger partial charge in [0.15, 0.2) is 0 Å². The van der Waals surface area contributed by atoms with Crippen LogP contribution in [0.4, 0.5) is 0 Å². The van der Waals surface area contributed by atoms with Crippen molar-refractivity contribution in [2.45, 2.75) is 45.3 Å². The molecule has 4 nitrogen and oxygen atoms in total. The second-order valence-corrected chi connectivity index (χ2v) is 6.32. The SMILES string of the molecule is CCN1CCOC(CN2CCCNC(C)(CC)C2)C1. The maximum atomic E-state index is 5.95. The minimum absolute atomic E-state index is 0.273. The minimum atomic E-state index is 0.273. The van der Waals surface area contributed by atoms with E-state index in [4.69, 9.17) is 4.74 Å². The molecule has 4 heteroatoms. The van der Waals surface area contributed by atoms with E-state index in [2.05, 4.69) is 35.9 Å². The molecular formula is C15H31N3O. The maximum absolute atomic E-state index is 5.95. The van der Waals surface area contributed by atoms with E-state index in [1.165, 1.54) is 19.4 Å². The van der Waals surface area contributed by atoms with E-state index in [1.807, 2.05) is 0 Å². The van der Waals surface area contributed by atoms with Gasteiger partial charge in [0.25, 0.3) is 0 Å². The van der Waals surface area contributed by atoms with Crippen LogP contribution in [-0.2, 0) is 4.74 Å². The van der Waals surface area contributed by atoms with Crippen LogP contribution >= 0.6 is 0 Å². The van der Waals surface area contributed by atoms with Gasteiger partial charge in [0.2, 0.25) is 0 Å². The highest BCUT2D eigenvalue weighted by Crippen LogP contribution is 2.16. The Kier molecular flexibility index (Phi) is 5.63. The van der Waals surface area contributed by atoms with Crippen molar-refractivity contribution in [1.82, 2.24) is 15.1 Å². The first-order valence-electron chi connectivity index (χ1n) is 7.96. The van der Waals surface area contributed by atoms with E-state index < -0.39 is 0 Å². The molecule has 0 bridgehead atoms. The third-order valence-corrected chi connectivity index (χ3v) is 4.69. The fourth-order valence-corrected chi connectivity index (χ4v) is 3.18. The van der Waals surface area contributed by atoms with Crippen LogP contribution in [-0.4, -0.2) is 73.9 Å². The van der Waals surface area contributed by atoms with Crippen LogP contribution in [0, 0.1) is 0 Å². The minimum Gasteiger partial charge on any atom is -0.374 e. The lowest BCUT2D eigenvalue weighted by Gasteiger charge is -2.37. The van der Waals surface area contributed by atoms with Gasteiger partial charge in [0.05, 0.1) is 12.7 Å². The molecule has 2 fully saturated rings. The number of ether oxygens (including phenoxy) is 1. The molecule has 0 spiro atoms. The molecule has 2 saturated heterocycles. The topological polar surface area (TPSA) is 27.7 Å². The van der Waals surface area contributed by atoms with Crippen LogP contribution in [0.3, 0.4) is 0 Å². The van der Waals surface area contributed by atoms with E-state index in [9.17, 15) is 0 Å². The first-order valence-corrected chi connectivity index (χ1v) is 7.96. The van der Waals surface area contributed by atoms with Crippen LogP contribution in [0.1, 0.15) is 33.6 Å². The van der Waals surface area contributed by atoms with E-state index >= 15 is 0 Å². The van der Waals surface area contributed by atoms with E-state index in [0.717, 1.165) is 45.9 Å². The summed E-state index contributed by atoms with van der Waals surface area (Å²) in [7, 11) is 0. The number of hydrogen-bond acceptors (Lipinski definition) is 4. The Balaban J connectivity index is 1.86. The zero-order valence-electron chi connectivity index (χ0n) is 13.0. The Labute approximate surface area is 118 Å². The fourth-order valence-electron chi connectivity index (χ4n) is 3.18. The lowest BCUT2D eigenvalue weighted by molar-refractivity contribution is -0.0432. The van der Waals surface area contributed by atoms with E-state index in [-0.39, 0.29) is 5.54 Å². The second-order valence-electron chi connectivity index (χ2n) is 6.32. The molecule has 0 aromatic heterocycles. The molecule has 0 radical (unpaired) electrons. The van der Waals surface area contributed by atoms with Gasteiger partial charge in [-0.25, -0.2) is 0 Å². The van der Waals surface area contributed by atoms with Gasteiger partial charge in [0.1, 0.15) is 0 Å². The number of likely N-dealkylation sites (N-methyl/N-ethyl adjacent to an activating group) is 1. The first-order chi connectivity index (χ1) is 9.15. The monoisotopic (exact) mass is 269 g/mol. The molecular weight excluding hydrogens is 238 g/mol. The van der Waals surface area contributed by atoms with Crippen molar-refractivity contribution in [3.8, 4) is 0 Å². The van der Waals surface area contributed by atoms with Gasteiger partial charge in [-0.2, -0.15) is 0 Å². The molecule has 0 saturated carbocycles. The number of nitrogens with one attached hydrogen (secondary N) is 1. The Bertz CT molecular complexity index is 274. The van der Waals surface area contributed by atoms with Crippen LogP contribution < -0.4 is 5.32 Å². The van der Waals surface area contributed by atoms with Gasteiger partial charge in [-0.1, -0.05) is 13.8 Å². The van der Waals surface area contributed by atoms with Gasteiger partial charge in [0, 0.05) is 31.7 Å². The molecule has 0 aromatic rings. The Morgan fingerprint density at radius 1 is 1.26 bits per heavy atom. The first kappa shape index (κ1) is 15.2. The number of hydrogen-bond donors (Lipinski definition) is 1. The van der Waals surface area contributed by atoms with Crippen LogP contribution in [0.2, 0.25) is 0 Å². The summed E-state index contributed by atoms with van der Waals surface area (Å²) in [6.45, 7) is 15.7. The Morgan fingerprint density at radius 3 is 2.84 bits per heavy atom. The third-order valence-electron chi connectivity index (χ3n) is 4.69. The van der Waals surface area contributed by atoms with Crippen molar-refractivity contribution in [3.05, 3.63) is 0 Å². The lowest BCUT2D eigenvalue weighted by atomic mass is 9.98. The molecule has 0 aliphatic carbocycles. The van der Waals surface area contributed by atoms with Crippen LogP contribution in [0.25, 0.3) is 0 Å². The second kappa shape index (κ2) is 7.02. The summed E-state index contributed by atoms with van der Waals surface area (Å²) in [6, 6.07) is 0. The molecule has 0 aromatic carbocycles. The lowest BCUT2D eigenvalue weighted by Crippen LogP contribution is -2.52. The zero-order valence-corrected chi connectivity index (χ0v) is 13.0. The summed E-state index contributed by atoms with van der Waals surface area (Å²) in [6.07, 6.45) is 2.84. The van der Waals surface area contributed by atoms with Crippen molar-refractivity contribution >= 4 is 0 Å². The molecule has 2 rings (SSSR count). The Hall–Kier alpha value is -0.160. The molecule has 1 N–H and O–H groups in total. The highest BCUT2D eigenvalue weighted by molar-refractivity contribution is 4.89. The zero-order chi connectivity index (χ0) is 13.7. The molecule has 2 aliphatic heterocycles. The number of nitrogens with zero attached hydrogens (tertiary/aromatic N) is 2. The molecule has 2 heterocycles. The van der Waals surface area contributed by atoms with Gasteiger partial charge in [-0.05, 0) is 39.4 Å². The summed E-state index contributed by atoms with van der Waals surface area (Å²) in [5.41, 5.74) is 0.273. The van der Waals surface area contributed by atoms with Gasteiger partial charge < -0.3 is 10.1 Å². The van der Waals surface area contributed by atoms with Crippen molar-refractivity contribution in [3.63, 3.8) is 0 Å². The average molecular weight is 269 g/mol. The standard InChI is InChI=1S/C15H31N3O/c1-4-15(3)13-18(8-6-7-16-15)12-14-11-17(5-2)9-10-19-14/h14,16H,4-13H2,1-3H3. The van der Waals surface area contributed by atoms with Crippen LogP contribution in [0.5, 0.6) is 0 Å². The average Bonchev–Trinajstić information content (AvgIpc) is 2.61. The van der Waals surface area contributed by atoms with Gasteiger partial charge in [-0.3, -0.25) is 9.80 Å². The Morgan fingerprint density at radius 2 is 2.11 bits per heavy atom. The van der Waals surface area contributed by atoms with Crippen molar-refractivity contribution in [1.29, 1.82) is 0 Å². The molecule has 19 heavy (non-hydrogen) atoms. The quantitative estimate of drug-likeness (QED) is 0.829. The highest BCUT2D eigenvalue weighted by Gasteiger charge is 2.29. The molecule has 2 unspecified atom stereocenters. The normalized spacial score (nSPS) is 35.2. The van der Waals surface area contributed by atoms with Crippen molar-refractivity contribution in [2.75, 3.05) is 52.4 Å². The molecule has 112 valence electrons. The number of rotatable bonds is 4. The van der Waals surface area contributed by atoms with Crippen molar-refractivity contribution in [2.24, 2.45) is 0 Å². The maximum Gasteiger partial charge on any atom is 0.0829 e. The molecule has 0 amide bonds. The fraction of sp³-hybridized carbons (Fsp3) is 1.00. The predicted molar refractivity (Wildman–Crippen MR) is 79.6 cm³/mol. The van der Waals surface area contributed by atoms with Gasteiger partial charge in [-0.15, -0.1) is 0 Å². The van der Waals surface area contributed by atoms with Crippen LogP contribution in [0.15, 0.2) is 0 Å². The highest BCUT2D eigenvalue weighted by atomic mass is 16.5. The molecule has 2 atom stereocenters. The summed E-state index contributed by atoms with van der Waals surface area (Å²) < 4.78 is 5.95. The summed E-state index contributed by atoms with van der Waals surface area (Å²) in [5, 5.41) is 3.70. The van der Waals surface area contributed by atoms with Crippen molar-refractivity contribution < 1.29 is 4.74 Å². The molecule has 2 aliphatic rings.